The lowest BCUT2D eigenvalue weighted by Gasteiger charge is -2.33. The maximum Gasteiger partial charge on any atom is 0.333 e. The molecule has 0 aromatic carbocycles. The van der Waals surface area contributed by atoms with E-state index in [0.29, 0.717) is 0 Å². The zero-order chi connectivity index (χ0) is 8.48. The summed E-state index contributed by atoms with van der Waals surface area (Å²) in [6.45, 7) is 1.66. The molecule has 3 heteroatoms. The molecule has 0 aromatic heterocycles. The highest BCUT2D eigenvalue weighted by molar-refractivity contribution is 5.81. The summed E-state index contributed by atoms with van der Waals surface area (Å²) in [5.74, 6) is -0.833. The molecule has 0 spiro atoms. The Morgan fingerprint density at radius 3 is 2.55 bits per heavy atom. The number of carbonyl (C=O) groups is 1. The standard InChI is InChI=1S/C8H11NO2/c1-8(7(10)11)5-3-4-6-9(8)2/h3-6H,1-2H3,(H,10,11). The van der Waals surface area contributed by atoms with Crippen LogP contribution in [-0.2, 0) is 4.79 Å². The van der Waals surface area contributed by atoms with Crippen molar-refractivity contribution in [2.75, 3.05) is 7.05 Å². The van der Waals surface area contributed by atoms with Crippen molar-refractivity contribution in [2.24, 2.45) is 0 Å². The first kappa shape index (κ1) is 7.85. The van der Waals surface area contributed by atoms with Gasteiger partial charge in [0.25, 0.3) is 0 Å². The van der Waals surface area contributed by atoms with E-state index in [1.807, 2.05) is 6.08 Å². The maximum atomic E-state index is 10.8. The van der Waals surface area contributed by atoms with E-state index in [4.69, 9.17) is 5.11 Å². The fourth-order valence-electron chi connectivity index (χ4n) is 0.916. The van der Waals surface area contributed by atoms with Gasteiger partial charge in [0.2, 0.25) is 0 Å². The first-order chi connectivity index (χ1) is 5.07. The van der Waals surface area contributed by atoms with Gasteiger partial charge in [-0.25, -0.2) is 4.79 Å². The molecule has 1 aliphatic heterocycles. The van der Waals surface area contributed by atoms with Crippen LogP contribution in [0.1, 0.15) is 6.92 Å². The molecule has 11 heavy (non-hydrogen) atoms. The molecular formula is C8H11NO2. The largest absolute Gasteiger partial charge is 0.479 e. The lowest BCUT2D eigenvalue weighted by atomic mass is 9.98. The molecule has 0 saturated carbocycles. The van der Waals surface area contributed by atoms with Crippen molar-refractivity contribution in [3.63, 3.8) is 0 Å². The summed E-state index contributed by atoms with van der Waals surface area (Å²) in [6, 6.07) is 0. The zero-order valence-corrected chi connectivity index (χ0v) is 6.61. The minimum absolute atomic E-state index is 0.833. The number of aliphatic carboxylic acids is 1. The number of hydrogen-bond donors (Lipinski definition) is 1. The maximum absolute atomic E-state index is 10.8. The molecule has 1 atom stereocenters. The molecule has 3 nitrogen and oxygen atoms in total. The van der Waals surface area contributed by atoms with Crippen LogP contribution in [0.4, 0.5) is 0 Å². The average Bonchev–Trinajstić information content (AvgIpc) is 1.95. The molecule has 0 aliphatic carbocycles. The molecule has 1 rings (SSSR count). The van der Waals surface area contributed by atoms with Crippen molar-refractivity contribution in [3.8, 4) is 0 Å². The van der Waals surface area contributed by atoms with Gasteiger partial charge in [0.05, 0.1) is 0 Å². The van der Waals surface area contributed by atoms with E-state index in [2.05, 4.69) is 0 Å². The fraction of sp³-hybridized carbons (Fsp3) is 0.375. The Hall–Kier alpha value is -1.25. The lowest BCUT2D eigenvalue weighted by molar-refractivity contribution is -0.145. The summed E-state index contributed by atoms with van der Waals surface area (Å²) >= 11 is 0. The Morgan fingerprint density at radius 2 is 2.18 bits per heavy atom. The van der Waals surface area contributed by atoms with E-state index >= 15 is 0 Å². The predicted molar refractivity (Wildman–Crippen MR) is 42.1 cm³/mol. The molecule has 0 saturated heterocycles. The molecule has 0 bridgehead atoms. The summed E-state index contributed by atoms with van der Waals surface area (Å²) < 4.78 is 0. The SMILES string of the molecule is CN1C=CC=CC1(C)C(=O)O. The minimum atomic E-state index is -0.880. The summed E-state index contributed by atoms with van der Waals surface area (Å²) in [5, 5.41) is 8.84. The van der Waals surface area contributed by atoms with Crippen LogP contribution in [0.5, 0.6) is 0 Å². The zero-order valence-electron chi connectivity index (χ0n) is 6.61. The van der Waals surface area contributed by atoms with Crippen molar-refractivity contribution in [2.45, 2.75) is 12.5 Å². The van der Waals surface area contributed by atoms with Crippen molar-refractivity contribution in [1.82, 2.24) is 4.90 Å². The van der Waals surface area contributed by atoms with E-state index < -0.39 is 11.5 Å². The number of carboxylic acids is 1. The summed E-state index contributed by atoms with van der Waals surface area (Å²) in [6.07, 6.45) is 6.96. The average molecular weight is 153 g/mol. The molecule has 0 radical (unpaired) electrons. The van der Waals surface area contributed by atoms with Crippen LogP contribution in [0.2, 0.25) is 0 Å². The van der Waals surface area contributed by atoms with Crippen molar-refractivity contribution < 1.29 is 9.90 Å². The number of rotatable bonds is 1. The minimum Gasteiger partial charge on any atom is -0.479 e. The van der Waals surface area contributed by atoms with Crippen LogP contribution < -0.4 is 0 Å². The third-order valence-electron chi connectivity index (χ3n) is 2.01. The second-order valence-corrected chi connectivity index (χ2v) is 2.76. The highest BCUT2D eigenvalue weighted by atomic mass is 16.4. The van der Waals surface area contributed by atoms with Crippen LogP contribution in [-0.4, -0.2) is 28.6 Å². The first-order valence-electron chi connectivity index (χ1n) is 3.40. The smallest absolute Gasteiger partial charge is 0.333 e. The van der Waals surface area contributed by atoms with Crippen molar-refractivity contribution in [3.05, 3.63) is 24.4 Å². The number of allylic oxidation sites excluding steroid dienone is 2. The molecule has 0 amide bonds. The number of nitrogens with zero attached hydrogens (tertiary/aromatic N) is 1. The number of carboxylic acid groups (broad SMARTS) is 1. The Morgan fingerprint density at radius 1 is 1.55 bits per heavy atom. The van der Waals surface area contributed by atoms with Crippen molar-refractivity contribution in [1.29, 1.82) is 0 Å². The van der Waals surface area contributed by atoms with Crippen LogP contribution >= 0.6 is 0 Å². The van der Waals surface area contributed by atoms with Gasteiger partial charge in [-0.2, -0.15) is 0 Å². The lowest BCUT2D eigenvalue weighted by Crippen LogP contribution is -2.46. The van der Waals surface area contributed by atoms with Gasteiger partial charge < -0.3 is 10.0 Å². The number of hydrogen-bond acceptors (Lipinski definition) is 2. The summed E-state index contributed by atoms with van der Waals surface area (Å²) in [7, 11) is 1.74. The molecule has 1 N–H and O–H groups in total. The van der Waals surface area contributed by atoms with Gasteiger partial charge in [-0.3, -0.25) is 0 Å². The van der Waals surface area contributed by atoms with E-state index in [-0.39, 0.29) is 0 Å². The Balaban J connectivity index is 2.94. The second kappa shape index (κ2) is 2.42. The molecule has 0 aromatic rings. The van der Waals surface area contributed by atoms with E-state index in [1.54, 1.807) is 37.2 Å². The molecule has 1 aliphatic rings. The Bertz CT molecular complexity index is 232. The van der Waals surface area contributed by atoms with Gasteiger partial charge in [0, 0.05) is 13.2 Å². The quantitative estimate of drug-likeness (QED) is 0.607. The van der Waals surface area contributed by atoms with Gasteiger partial charge in [0.15, 0.2) is 5.54 Å². The first-order valence-corrected chi connectivity index (χ1v) is 3.40. The summed E-state index contributed by atoms with van der Waals surface area (Å²) in [5.41, 5.74) is -0.880. The third-order valence-corrected chi connectivity index (χ3v) is 2.01. The van der Waals surface area contributed by atoms with Crippen LogP contribution in [0.25, 0.3) is 0 Å². The topological polar surface area (TPSA) is 40.5 Å². The molecule has 1 heterocycles. The Kier molecular flexibility index (Phi) is 1.72. The van der Waals surface area contributed by atoms with E-state index in [9.17, 15) is 4.79 Å². The van der Waals surface area contributed by atoms with Crippen LogP contribution in [0, 0.1) is 0 Å². The van der Waals surface area contributed by atoms with Gasteiger partial charge >= 0.3 is 5.97 Å². The molecule has 0 fully saturated rings. The van der Waals surface area contributed by atoms with Gasteiger partial charge in [-0.05, 0) is 19.1 Å². The second-order valence-electron chi connectivity index (χ2n) is 2.76. The van der Waals surface area contributed by atoms with Gasteiger partial charge in [-0.15, -0.1) is 0 Å². The van der Waals surface area contributed by atoms with Crippen LogP contribution in [0.15, 0.2) is 24.4 Å². The highest BCUT2D eigenvalue weighted by Crippen LogP contribution is 2.18. The predicted octanol–water partition coefficient (Wildman–Crippen LogP) is 0.845. The highest BCUT2D eigenvalue weighted by Gasteiger charge is 2.33. The van der Waals surface area contributed by atoms with E-state index in [1.165, 1.54) is 0 Å². The van der Waals surface area contributed by atoms with Gasteiger partial charge in [-0.1, -0.05) is 6.08 Å². The third kappa shape index (κ3) is 1.13. The fourth-order valence-corrected chi connectivity index (χ4v) is 0.916. The normalized spacial score (nSPS) is 29.1. The monoisotopic (exact) mass is 153 g/mol. The molecule has 1 unspecified atom stereocenters. The van der Waals surface area contributed by atoms with E-state index in [0.717, 1.165) is 0 Å². The number of likely N-dealkylation sites (N-methyl/N-ethyl adjacent to an activating group) is 1. The van der Waals surface area contributed by atoms with Gasteiger partial charge in [0.1, 0.15) is 0 Å². The van der Waals surface area contributed by atoms with Crippen molar-refractivity contribution >= 4 is 5.97 Å². The van der Waals surface area contributed by atoms with Crippen LogP contribution in [0.3, 0.4) is 0 Å². The Labute approximate surface area is 65.6 Å². The molecular weight excluding hydrogens is 142 g/mol. The summed E-state index contributed by atoms with van der Waals surface area (Å²) in [4.78, 5) is 12.4. The molecule has 60 valence electrons.